The van der Waals surface area contributed by atoms with E-state index >= 15 is 0 Å². The van der Waals surface area contributed by atoms with Gasteiger partial charge in [0.1, 0.15) is 0 Å². The molecule has 0 saturated carbocycles. The van der Waals surface area contributed by atoms with Crippen LogP contribution >= 0.6 is 0 Å². The number of hydrogen-bond donors (Lipinski definition) is 1. The molecule has 1 aliphatic heterocycles. The standard InChI is InChI=1S/C15H24N2/c1-3-12(2)15(16)11-17-9-8-13-6-4-5-7-14(13)10-17/h4-7,12,15H,3,8-11,16H2,1-2H3. The van der Waals surface area contributed by atoms with Crippen molar-refractivity contribution in [2.75, 3.05) is 13.1 Å². The van der Waals surface area contributed by atoms with Crippen LogP contribution in [0.2, 0.25) is 0 Å². The lowest BCUT2D eigenvalue weighted by Crippen LogP contribution is -2.43. The predicted molar refractivity (Wildman–Crippen MR) is 72.9 cm³/mol. The van der Waals surface area contributed by atoms with Crippen molar-refractivity contribution in [2.24, 2.45) is 11.7 Å². The number of hydrogen-bond acceptors (Lipinski definition) is 2. The first-order valence-corrected chi connectivity index (χ1v) is 6.75. The topological polar surface area (TPSA) is 29.3 Å². The molecule has 0 aromatic heterocycles. The second-order valence-corrected chi connectivity index (χ2v) is 5.30. The van der Waals surface area contributed by atoms with Crippen molar-refractivity contribution in [3.63, 3.8) is 0 Å². The Bertz CT molecular complexity index is 362. The van der Waals surface area contributed by atoms with E-state index in [-0.39, 0.29) is 0 Å². The lowest BCUT2D eigenvalue weighted by Gasteiger charge is -2.32. The molecule has 17 heavy (non-hydrogen) atoms. The molecule has 1 aromatic carbocycles. The Morgan fingerprint density at radius 1 is 1.29 bits per heavy atom. The molecule has 1 heterocycles. The molecule has 1 aliphatic rings. The first-order valence-electron chi connectivity index (χ1n) is 6.75. The van der Waals surface area contributed by atoms with Crippen molar-refractivity contribution in [3.8, 4) is 0 Å². The van der Waals surface area contributed by atoms with Crippen LogP contribution < -0.4 is 5.73 Å². The van der Waals surface area contributed by atoms with Crippen LogP contribution in [0.3, 0.4) is 0 Å². The Morgan fingerprint density at radius 2 is 2.00 bits per heavy atom. The summed E-state index contributed by atoms with van der Waals surface area (Å²) in [6.45, 7) is 7.73. The minimum absolute atomic E-state index is 0.310. The Kier molecular flexibility index (Phi) is 4.19. The van der Waals surface area contributed by atoms with Crippen molar-refractivity contribution in [2.45, 2.75) is 39.3 Å². The second-order valence-electron chi connectivity index (χ2n) is 5.30. The van der Waals surface area contributed by atoms with E-state index in [0.717, 1.165) is 19.6 Å². The molecular weight excluding hydrogens is 208 g/mol. The molecular formula is C15H24N2. The van der Waals surface area contributed by atoms with Crippen LogP contribution in [0.5, 0.6) is 0 Å². The second kappa shape index (κ2) is 5.65. The Hall–Kier alpha value is -0.860. The SMILES string of the molecule is CCC(C)C(N)CN1CCc2ccccc2C1. The summed E-state index contributed by atoms with van der Waals surface area (Å²) in [7, 11) is 0. The molecule has 2 nitrogen and oxygen atoms in total. The van der Waals surface area contributed by atoms with Crippen molar-refractivity contribution < 1.29 is 0 Å². The van der Waals surface area contributed by atoms with E-state index in [2.05, 4.69) is 43.0 Å². The van der Waals surface area contributed by atoms with E-state index < -0.39 is 0 Å². The van der Waals surface area contributed by atoms with Crippen LogP contribution in [0.25, 0.3) is 0 Å². The number of benzene rings is 1. The predicted octanol–water partition coefficient (Wildman–Crippen LogP) is 2.42. The van der Waals surface area contributed by atoms with Gasteiger partial charge in [-0.3, -0.25) is 4.90 Å². The zero-order valence-electron chi connectivity index (χ0n) is 11.0. The van der Waals surface area contributed by atoms with Crippen LogP contribution in [0.15, 0.2) is 24.3 Å². The van der Waals surface area contributed by atoms with Gasteiger partial charge in [-0.2, -0.15) is 0 Å². The van der Waals surface area contributed by atoms with Gasteiger partial charge in [-0.25, -0.2) is 0 Å². The van der Waals surface area contributed by atoms with Crippen LogP contribution in [-0.2, 0) is 13.0 Å². The molecule has 2 atom stereocenters. The van der Waals surface area contributed by atoms with Crippen LogP contribution in [0.1, 0.15) is 31.4 Å². The summed E-state index contributed by atoms with van der Waals surface area (Å²) in [5, 5.41) is 0. The summed E-state index contributed by atoms with van der Waals surface area (Å²) in [6.07, 6.45) is 2.34. The van der Waals surface area contributed by atoms with Crippen LogP contribution in [0.4, 0.5) is 0 Å². The van der Waals surface area contributed by atoms with Gasteiger partial charge in [-0.15, -0.1) is 0 Å². The molecule has 0 radical (unpaired) electrons. The number of rotatable bonds is 4. The normalized spacial score (nSPS) is 19.7. The molecule has 2 heteroatoms. The largest absolute Gasteiger partial charge is 0.326 e. The minimum Gasteiger partial charge on any atom is -0.326 e. The maximum Gasteiger partial charge on any atom is 0.0237 e. The zero-order chi connectivity index (χ0) is 12.3. The molecule has 0 saturated heterocycles. The van der Waals surface area contributed by atoms with Gasteiger partial charge in [-0.1, -0.05) is 44.5 Å². The highest BCUT2D eigenvalue weighted by Gasteiger charge is 2.19. The van der Waals surface area contributed by atoms with Gasteiger partial charge >= 0.3 is 0 Å². The Morgan fingerprint density at radius 3 is 2.71 bits per heavy atom. The molecule has 1 aromatic rings. The van der Waals surface area contributed by atoms with E-state index in [1.54, 1.807) is 0 Å². The highest BCUT2D eigenvalue weighted by atomic mass is 15.1. The first-order chi connectivity index (χ1) is 8.20. The summed E-state index contributed by atoms with van der Waals surface area (Å²) in [6, 6.07) is 9.08. The third-order valence-electron chi connectivity index (χ3n) is 4.05. The fourth-order valence-corrected chi connectivity index (χ4v) is 2.49. The summed E-state index contributed by atoms with van der Waals surface area (Å²) < 4.78 is 0. The van der Waals surface area contributed by atoms with Gasteiger partial charge in [-0.05, 0) is 23.5 Å². The molecule has 0 amide bonds. The molecule has 0 spiro atoms. The summed E-state index contributed by atoms with van der Waals surface area (Å²) in [4.78, 5) is 2.50. The van der Waals surface area contributed by atoms with Gasteiger partial charge in [0.15, 0.2) is 0 Å². The van der Waals surface area contributed by atoms with Gasteiger partial charge in [0.05, 0.1) is 0 Å². The Labute approximate surface area is 105 Å². The van der Waals surface area contributed by atoms with Crippen molar-refractivity contribution in [3.05, 3.63) is 35.4 Å². The molecule has 0 aliphatic carbocycles. The maximum atomic E-state index is 6.24. The summed E-state index contributed by atoms with van der Waals surface area (Å²) >= 11 is 0. The van der Waals surface area contributed by atoms with E-state index in [1.807, 2.05) is 0 Å². The van der Waals surface area contributed by atoms with Gasteiger partial charge in [0.25, 0.3) is 0 Å². The van der Waals surface area contributed by atoms with Crippen LogP contribution in [0, 0.1) is 5.92 Å². The molecule has 2 N–H and O–H groups in total. The minimum atomic E-state index is 0.310. The zero-order valence-corrected chi connectivity index (χ0v) is 11.0. The number of fused-ring (bicyclic) bond motifs is 1. The smallest absolute Gasteiger partial charge is 0.0237 e. The van der Waals surface area contributed by atoms with Gasteiger partial charge in [0.2, 0.25) is 0 Å². The quantitative estimate of drug-likeness (QED) is 0.864. The first kappa shape index (κ1) is 12.6. The van der Waals surface area contributed by atoms with Crippen LogP contribution in [-0.4, -0.2) is 24.0 Å². The third kappa shape index (κ3) is 3.08. The lowest BCUT2D eigenvalue weighted by molar-refractivity contribution is 0.216. The average molecular weight is 232 g/mol. The highest BCUT2D eigenvalue weighted by molar-refractivity contribution is 5.29. The maximum absolute atomic E-state index is 6.24. The van der Waals surface area contributed by atoms with E-state index in [0.29, 0.717) is 12.0 Å². The van der Waals surface area contributed by atoms with E-state index in [9.17, 15) is 0 Å². The van der Waals surface area contributed by atoms with Gasteiger partial charge < -0.3 is 5.73 Å². The average Bonchev–Trinajstić information content (AvgIpc) is 2.37. The van der Waals surface area contributed by atoms with Crippen molar-refractivity contribution >= 4 is 0 Å². The Balaban J connectivity index is 1.94. The fraction of sp³-hybridized carbons (Fsp3) is 0.600. The molecule has 0 fully saturated rings. The van der Waals surface area contributed by atoms with Gasteiger partial charge in [0, 0.05) is 25.7 Å². The molecule has 2 unspecified atom stereocenters. The highest BCUT2D eigenvalue weighted by Crippen LogP contribution is 2.19. The fourth-order valence-electron chi connectivity index (χ4n) is 2.49. The lowest BCUT2D eigenvalue weighted by atomic mass is 9.96. The summed E-state index contributed by atoms with van der Waals surface area (Å²) in [5.74, 6) is 0.618. The van der Waals surface area contributed by atoms with E-state index in [1.165, 1.54) is 24.0 Å². The summed E-state index contributed by atoms with van der Waals surface area (Å²) in [5.41, 5.74) is 9.23. The molecule has 94 valence electrons. The van der Waals surface area contributed by atoms with E-state index in [4.69, 9.17) is 5.73 Å². The monoisotopic (exact) mass is 232 g/mol. The van der Waals surface area contributed by atoms with Crippen molar-refractivity contribution in [1.82, 2.24) is 4.90 Å². The number of nitrogens with zero attached hydrogens (tertiary/aromatic N) is 1. The van der Waals surface area contributed by atoms with Crippen molar-refractivity contribution in [1.29, 1.82) is 0 Å². The molecule has 2 rings (SSSR count). The molecule has 0 bridgehead atoms. The number of nitrogens with two attached hydrogens (primary N) is 1. The third-order valence-corrected chi connectivity index (χ3v) is 4.05.